The van der Waals surface area contributed by atoms with Crippen molar-refractivity contribution < 1.29 is 9.53 Å². The van der Waals surface area contributed by atoms with Gasteiger partial charge in [0.25, 0.3) is 11.5 Å². The van der Waals surface area contributed by atoms with Crippen LogP contribution in [0, 0.1) is 6.92 Å². The van der Waals surface area contributed by atoms with Crippen LogP contribution in [0.25, 0.3) is 5.65 Å². The molecule has 140 valence electrons. The highest BCUT2D eigenvalue weighted by Crippen LogP contribution is 2.22. The average molecular weight is 367 g/mol. The van der Waals surface area contributed by atoms with Gasteiger partial charge in [-0.25, -0.2) is 9.50 Å². The molecule has 8 nitrogen and oxygen atoms in total. The first kappa shape index (κ1) is 17.1. The van der Waals surface area contributed by atoms with E-state index in [1.54, 1.807) is 25.1 Å². The van der Waals surface area contributed by atoms with E-state index in [0.29, 0.717) is 30.0 Å². The molecule has 1 N–H and O–H groups in total. The number of benzene rings is 1. The maximum absolute atomic E-state index is 13.0. The number of nitrogens with one attached hydrogen (secondary N) is 1. The first-order valence-corrected chi connectivity index (χ1v) is 8.83. The van der Waals surface area contributed by atoms with Gasteiger partial charge in [-0.1, -0.05) is 6.07 Å². The van der Waals surface area contributed by atoms with Crippen molar-refractivity contribution in [2.45, 2.75) is 6.92 Å². The van der Waals surface area contributed by atoms with Gasteiger partial charge >= 0.3 is 0 Å². The van der Waals surface area contributed by atoms with Crippen LogP contribution in [0.1, 0.15) is 16.1 Å². The van der Waals surface area contributed by atoms with Crippen LogP contribution in [-0.4, -0.2) is 58.7 Å². The molecule has 1 aliphatic heterocycles. The Balaban J connectivity index is 1.51. The van der Waals surface area contributed by atoms with Crippen LogP contribution < -0.4 is 15.2 Å². The molecule has 3 aromatic rings. The van der Waals surface area contributed by atoms with Crippen LogP contribution in [0.3, 0.4) is 0 Å². The number of H-pyrrole nitrogens is 1. The summed E-state index contributed by atoms with van der Waals surface area (Å²) in [6.07, 6.45) is 1.56. The Bertz CT molecular complexity index is 1050. The van der Waals surface area contributed by atoms with E-state index in [1.807, 2.05) is 24.3 Å². The minimum Gasteiger partial charge on any atom is -0.497 e. The maximum Gasteiger partial charge on any atom is 0.272 e. The topological polar surface area (TPSA) is 82.9 Å². The minimum atomic E-state index is -0.223. The maximum atomic E-state index is 13.0. The SMILES string of the molecule is COc1cccc(N2CCN(C(=O)c3c[nH]n4c(=O)cc(C)nc34)CC2)c1. The number of hydrogen-bond acceptors (Lipinski definition) is 5. The summed E-state index contributed by atoms with van der Waals surface area (Å²) in [6.45, 7) is 4.41. The molecule has 0 bridgehead atoms. The third kappa shape index (κ3) is 3.14. The highest BCUT2D eigenvalue weighted by atomic mass is 16.5. The molecule has 8 heteroatoms. The highest BCUT2D eigenvalue weighted by Gasteiger charge is 2.25. The normalized spacial score (nSPS) is 14.6. The summed E-state index contributed by atoms with van der Waals surface area (Å²) in [4.78, 5) is 33.4. The lowest BCUT2D eigenvalue weighted by atomic mass is 10.2. The Labute approximate surface area is 156 Å². The van der Waals surface area contributed by atoms with Gasteiger partial charge in [0.05, 0.1) is 7.11 Å². The number of ether oxygens (including phenoxy) is 1. The van der Waals surface area contributed by atoms with E-state index in [9.17, 15) is 9.59 Å². The van der Waals surface area contributed by atoms with Crippen molar-refractivity contribution in [2.24, 2.45) is 0 Å². The number of rotatable bonds is 3. The smallest absolute Gasteiger partial charge is 0.272 e. The molecule has 1 aliphatic rings. The van der Waals surface area contributed by atoms with E-state index in [1.165, 1.54) is 10.6 Å². The second kappa shape index (κ2) is 6.79. The first-order valence-electron chi connectivity index (χ1n) is 8.83. The fourth-order valence-electron chi connectivity index (χ4n) is 3.40. The summed E-state index contributed by atoms with van der Waals surface area (Å²) in [5.74, 6) is 0.702. The molecular weight excluding hydrogens is 346 g/mol. The largest absolute Gasteiger partial charge is 0.497 e. The predicted octanol–water partition coefficient (Wildman–Crippen LogP) is 1.30. The number of carbonyl (C=O) groups excluding carboxylic acids is 1. The van der Waals surface area contributed by atoms with Gasteiger partial charge in [-0.15, -0.1) is 0 Å². The molecule has 0 aliphatic carbocycles. The van der Waals surface area contributed by atoms with Crippen LogP contribution in [0.5, 0.6) is 5.75 Å². The zero-order valence-corrected chi connectivity index (χ0v) is 15.3. The van der Waals surface area contributed by atoms with Gasteiger partial charge in [0.15, 0.2) is 5.65 Å². The number of hydrogen-bond donors (Lipinski definition) is 1. The van der Waals surface area contributed by atoms with E-state index < -0.39 is 0 Å². The second-order valence-corrected chi connectivity index (χ2v) is 6.56. The lowest BCUT2D eigenvalue weighted by Gasteiger charge is -2.36. The molecule has 1 aromatic carbocycles. The lowest BCUT2D eigenvalue weighted by Crippen LogP contribution is -2.48. The summed E-state index contributed by atoms with van der Waals surface area (Å²) in [5.41, 5.74) is 2.25. The molecular formula is C19H21N5O3. The van der Waals surface area contributed by atoms with Crippen LogP contribution in [-0.2, 0) is 0 Å². The Hall–Kier alpha value is -3.29. The molecule has 3 heterocycles. The van der Waals surface area contributed by atoms with Gasteiger partial charge in [0, 0.05) is 55.9 Å². The number of aromatic nitrogens is 3. The highest BCUT2D eigenvalue weighted by molar-refractivity contribution is 5.99. The van der Waals surface area contributed by atoms with Crippen molar-refractivity contribution in [1.82, 2.24) is 19.5 Å². The summed E-state index contributed by atoms with van der Waals surface area (Å²) in [7, 11) is 1.65. The molecule has 0 saturated carbocycles. The third-order valence-electron chi connectivity index (χ3n) is 4.84. The molecule has 4 rings (SSSR count). The van der Waals surface area contributed by atoms with Gasteiger partial charge in [-0.2, -0.15) is 0 Å². The molecule has 0 atom stereocenters. The van der Waals surface area contributed by atoms with Crippen molar-refractivity contribution in [3.63, 3.8) is 0 Å². The molecule has 0 unspecified atom stereocenters. The van der Waals surface area contributed by atoms with Crippen LogP contribution in [0.4, 0.5) is 5.69 Å². The van der Waals surface area contributed by atoms with Crippen LogP contribution >= 0.6 is 0 Å². The Morgan fingerprint density at radius 1 is 1.19 bits per heavy atom. The van der Waals surface area contributed by atoms with Crippen molar-refractivity contribution in [1.29, 1.82) is 0 Å². The number of aryl methyl sites for hydroxylation is 1. The molecule has 1 saturated heterocycles. The lowest BCUT2D eigenvalue weighted by molar-refractivity contribution is 0.0748. The number of nitrogens with zero attached hydrogens (tertiary/aromatic N) is 4. The standard InChI is InChI=1S/C19H21N5O3/c1-13-10-17(25)24-18(21-13)16(12-20-24)19(26)23-8-6-22(7-9-23)14-4-3-5-15(11-14)27-2/h3-5,10-12,20H,6-9H2,1-2H3. The zero-order chi connectivity index (χ0) is 19.0. The number of carbonyl (C=O) groups is 1. The van der Waals surface area contributed by atoms with Crippen LogP contribution in [0.15, 0.2) is 41.3 Å². The van der Waals surface area contributed by atoms with E-state index in [2.05, 4.69) is 15.0 Å². The van der Waals surface area contributed by atoms with Crippen molar-refractivity contribution in [2.75, 3.05) is 38.2 Å². The Morgan fingerprint density at radius 2 is 1.96 bits per heavy atom. The number of fused-ring (bicyclic) bond motifs is 1. The second-order valence-electron chi connectivity index (χ2n) is 6.56. The van der Waals surface area contributed by atoms with E-state index in [-0.39, 0.29) is 11.5 Å². The number of methoxy groups -OCH3 is 1. The summed E-state index contributed by atoms with van der Waals surface area (Å²) < 4.78 is 6.58. The van der Waals surface area contributed by atoms with Crippen molar-refractivity contribution in [3.05, 3.63) is 58.1 Å². The number of piperazine rings is 1. The van der Waals surface area contributed by atoms with Gasteiger partial charge < -0.3 is 14.5 Å². The Morgan fingerprint density at radius 3 is 2.70 bits per heavy atom. The van der Waals surface area contributed by atoms with E-state index in [4.69, 9.17) is 4.74 Å². The molecule has 0 radical (unpaired) electrons. The molecule has 2 aromatic heterocycles. The Kier molecular flexibility index (Phi) is 4.31. The number of anilines is 1. The first-order chi connectivity index (χ1) is 13.1. The number of aromatic amines is 1. The van der Waals surface area contributed by atoms with Crippen molar-refractivity contribution in [3.8, 4) is 5.75 Å². The fourth-order valence-corrected chi connectivity index (χ4v) is 3.40. The zero-order valence-electron chi connectivity index (χ0n) is 15.3. The quantitative estimate of drug-likeness (QED) is 0.755. The fraction of sp³-hybridized carbons (Fsp3) is 0.316. The minimum absolute atomic E-state index is 0.114. The molecule has 1 fully saturated rings. The summed E-state index contributed by atoms with van der Waals surface area (Å²) in [5, 5.41) is 2.82. The number of amides is 1. The van der Waals surface area contributed by atoms with Gasteiger partial charge in [-0.3, -0.25) is 14.7 Å². The third-order valence-corrected chi connectivity index (χ3v) is 4.84. The van der Waals surface area contributed by atoms with E-state index in [0.717, 1.165) is 24.5 Å². The van der Waals surface area contributed by atoms with Gasteiger partial charge in [0.2, 0.25) is 0 Å². The average Bonchev–Trinajstić information content (AvgIpc) is 3.11. The molecule has 0 spiro atoms. The monoisotopic (exact) mass is 367 g/mol. The summed E-state index contributed by atoms with van der Waals surface area (Å²) in [6, 6.07) is 9.35. The predicted molar refractivity (Wildman–Crippen MR) is 102 cm³/mol. The van der Waals surface area contributed by atoms with Crippen LogP contribution in [0.2, 0.25) is 0 Å². The molecule has 1 amide bonds. The van der Waals surface area contributed by atoms with Gasteiger partial charge in [0.1, 0.15) is 11.3 Å². The van der Waals surface area contributed by atoms with E-state index >= 15 is 0 Å². The summed E-state index contributed by atoms with van der Waals surface area (Å²) >= 11 is 0. The van der Waals surface area contributed by atoms with Gasteiger partial charge in [-0.05, 0) is 19.1 Å². The molecule has 27 heavy (non-hydrogen) atoms. The van der Waals surface area contributed by atoms with Crippen molar-refractivity contribution >= 4 is 17.2 Å².